The molecular weight excluding hydrogens is 336 g/mol. The summed E-state index contributed by atoms with van der Waals surface area (Å²) >= 11 is 0. The molecule has 144 valence electrons. The zero-order valence-corrected chi connectivity index (χ0v) is 16.4. The van der Waals surface area contributed by atoms with Gasteiger partial charge >= 0.3 is 0 Å². The molecule has 0 unspecified atom stereocenters. The fourth-order valence-electron chi connectivity index (χ4n) is 3.51. The monoisotopic (exact) mass is 366 g/mol. The first kappa shape index (κ1) is 19.2. The van der Waals surface area contributed by atoms with Crippen molar-refractivity contribution in [3.63, 3.8) is 0 Å². The number of rotatable bonds is 8. The van der Waals surface area contributed by atoms with Crippen LogP contribution in [0.1, 0.15) is 50.0 Å². The highest BCUT2D eigenvalue weighted by Gasteiger charge is 2.15. The molecule has 0 saturated carbocycles. The van der Waals surface area contributed by atoms with Crippen LogP contribution in [0.25, 0.3) is 0 Å². The van der Waals surface area contributed by atoms with E-state index in [4.69, 9.17) is 0 Å². The first-order chi connectivity index (χ1) is 13.2. The molecule has 1 aliphatic heterocycles. The number of nitrogens with one attached hydrogen (secondary N) is 1. The Hall–Kier alpha value is -2.56. The van der Waals surface area contributed by atoms with E-state index in [0.717, 1.165) is 50.4 Å². The Balaban J connectivity index is 1.62. The maximum atomic E-state index is 12.6. The van der Waals surface area contributed by atoms with Gasteiger partial charge in [-0.25, -0.2) is 4.98 Å². The van der Waals surface area contributed by atoms with Crippen molar-refractivity contribution in [3.8, 4) is 0 Å². The van der Waals surface area contributed by atoms with Crippen molar-refractivity contribution in [1.29, 1.82) is 0 Å². The minimum absolute atomic E-state index is 0.0141. The van der Waals surface area contributed by atoms with Crippen molar-refractivity contribution in [2.45, 2.75) is 39.5 Å². The van der Waals surface area contributed by atoms with Crippen LogP contribution in [0, 0.1) is 0 Å². The Morgan fingerprint density at radius 1 is 1.00 bits per heavy atom. The van der Waals surface area contributed by atoms with Crippen LogP contribution in [0.3, 0.4) is 0 Å². The smallest absolute Gasteiger partial charge is 0.272 e. The third kappa shape index (κ3) is 5.00. The number of aromatic nitrogens is 1. The predicted octanol–water partition coefficient (Wildman–Crippen LogP) is 4.69. The van der Waals surface area contributed by atoms with E-state index >= 15 is 0 Å². The average molecular weight is 367 g/mol. The lowest BCUT2D eigenvalue weighted by atomic mass is 10.2. The summed E-state index contributed by atoms with van der Waals surface area (Å²) in [5.74, 6) is 0.0141. The van der Waals surface area contributed by atoms with Crippen molar-refractivity contribution in [1.82, 2.24) is 9.88 Å². The molecule has 0 aliphatic carbocycles. The number of hydrogen-bond acceptors (Lipinski definition) is 4. The molecule has 5 nitrogen and oxygen atoms in total. The summed E-state index contributed by atoms with van der Waals surface area (Å²) in [7, 11) is 0. The molecule has 0 spiro atoms. The van der Waals surface area contributed by atoms with Gasteiger partial charge in [0, 0.05) is 37.6 Å². The van der Waals surface area contributed by atoms with Crippen molar-refractivity contribution in [2.75, 3.05) is 36.4 Å². The van der Waals surface area contributed by atoms with Crippen LogP contribution < -0.4 is 10.2 Å². The largest absolute Gasteiger partial charge is 0.372 e. The molecule has 1 amide bonds. The second kappa shape index (κ2) is 9.40. The molecular formula is C22H30N4O. The van der Waals surface area contributed by atoms with Crippen LogP contribution in [0.4, 0.5) is 17.1 Å². The van der Waals surface area contributed by atoms with Gasteiger partial charge in [-0.15, -0.1) is 0 Å². The lowest BCUT2D eigenvalue weighted by Crippen LogP contribution is -2.33. The Bertz CT molecular complexity index is 715. The van der Waals surface area contributed by atoms with Gasteiger partial charge in [-0.05, 0) is 62.1 Å². The van der Waals surface area contributed by atoms with Gasteiger partial charge in [0.2, 0.25) is 0 Å². The van der Waals surface area contributed by atoms with E-state index in [0.29, 0.717) is 5.69 Å². The van der Waals surface area contributed by atoms with E-state index in [1.807, 2.05) is 17.0 Å². The van der Waals surface area contributed by atoms with Crippen molar-refractivity contribution < 1.29 is 4.79 Å². The molecule has 2 heterocycles. The standard InChI is InChI=1S/C22H30N4O/c1-3-13-26(14-4-2)22(27)21-12-9-19(17-23-21)24-18-7-10-20(11-8-18)25-15-5-6-16-25/h7-12,17,24H,3-6,13-16H2,1-2H3. The average Bonchev–Trinajstić information content (AvgIpc) is 3.23. The topological polar surface area (TPSA) is 48.5 Å². The molecule has 0 atom stereocenters. The fraction of sp³-hybridized carbons (Fsp3) is 0.455. The Morgan fingerprint density at radius 2 is 1.63 bits per heavy atom. The van der Waals surface area contributed by atoms with E-state index in [2.05, 4.69) is 53.3 Å². The first-order valence-corrected chi connectivity index (χ1v) is 10.1. The third-order valence-electron chi connectivity index (χ3n) is 4.88. The van der Waals surface area contributed by atoms with Crippen LogP contribution in [-0.2, 0) is 0 Å². The number of nitrogens with zero attached hydrogens (tertiary/aromatic N) is 3. The summed E-state index contributed by atoms with van der Waals surface area (Å²) in [6, 6.07) is 12.2. The fourth-order valence-corrected chi connectivity index (χ4v) is 3.51. The van der Waals surface area contributed by atoms with E-state index in [-0.39, 0.29) is 5.91 Å². The molecule has 1 fully saturated rings. The van der Waals surface area contributed by atoms with Crippen molar-refractivity contribution in [2.24, 2.45) is 0 Å². The molecule has 1 N–H and O–H groups in total. The van der Waals surface area contributed by atoms with Crippen molar-refractivity contribution >= 4 is 23.0 Å². The zero-order chi connectivity index (χ0) is 19.1. The molecule has 3 rings (SSSR count). The Morgan fingerprint density at radius 3 is 2.19 bits per heavy atom. The van der Waals surface area contributed by atoms with Gasteiger partial charge in [0.1, 0.15) is 5.69 Å². The highest BCUT2D eigenvalue weighted by Crippen LogP contribution is 2.23. The number of carbonyl (C=O) groups excluding carboxylic acids is 1. The van der Waals surface area contributed by atoms with E-state index in [9.17, 15) is 4.79 Å². The summed E-state index contributed by atoms with van der Waals surface area (Å²) in [6.07, 6.45) is 6.21. The normalized spacial score (nSPS) is 13.6. The lowest BCUT2D eigenvalue weighted by Gasteiger charge is -2.21. The number of carbonyl (C=O) groups is 1. The van der Waals surface area contributed by atoms with Gasteiger partial charge in [-0.3, -0.25) is 4.79 Å². The molecule has 0 bridgehead atoms. The van der Waals surface area contributed by atoms with Gasteiger partial charge < -0.3 is 15.1 Å². The van der Waals surface area contributed by atoms with Crippen LogP contribution >= 0.6 is 0 Å². The minimum atomic E-state index is 0.0141. The van der Waals surface area contributed by atoms with E-state index in [1.165, 1.54) is 18.5 Å². The van der Waals surface area contributed by atoms with Gasteiger partial charge in [-0.2, -0.15) is 0 Å². The summed E-state index contributed by atoms with van der Waals surface area (Å²) < 4.78 is 0. The summed E-state index contributed by atoms with van der Waals surface area (Å²) in [6.45, 7) is 8.03. The van der Waals surface area contributed by atoms with Crippen LogP contribution in [0.15, 0.2) is 42.6 Å². The maximum Gasteiger partial charge on any atom is 0.272 e. The predicted molar refractivity (Wildman–Crippen MR) is 112 cm³/mol. The van der Waals surface area contributed by atoms with Crippen molar-refractivity contribution in [3.05, 3.63) is 48.3 Å². The minimum Gasteiger partial charge on any atom is -0.372 e. The maximum absolute atomic E-state index is 12.6. The molecule has 0 radical (unpaired) electrons. The zero-order valence-electron chi connectivity index (χ0n) is 16.4. The molecule has 27 heavy (non-hydrogen) atoms. The molecule has 1 saturated heterocycles. The number of anilines is 3. The van der Waals surface area contributed by atoms with Gasteiger partial charge in [-0.1, -0.05) is 13.8 Å². The molecule has 1 aromatic heterocycles. The highest BCUT2D eigenvalue weighted by atomic mass is 16.2. The summed E-state index contributed by atoms with van der Waals surface area (Å²) in [4.78, 5) is 21.3. The summed E-state index contributed by atoms with van der Waals surface area (Å²) in [5, 5.41) is 3.36. The number of pyridine rings is 1. The first-order valence-electron chi connectivity index (χ1n) is 10.1. The Labute approximate surface area is 162 Å². The Kier molecular flexibility index (Phi) is 6.69. The second-order valence-corrected chi connectivity index (χ2v) is 7.09. The third-order valence-corrected chi connectivity index (χ3v) is 4.88. The number of benzene rings is 1. The number of amides is 1. The van der Waals surface area contributed by atoms with Gasteiger partial charge in [0.25, 0.3) is 5.91 Å². The number of hydrogen-bond donors (Lipinski definition) is 1. The SMILES string of the molecule is CCCN(CCC)C(=O)c1ccc(Nc2ccc(N3CCCC3)cc2)cn1. The van der Waals surface area contributed by atoms with Crippen LogP contribution in [-0.4, -0.2) is 42.0 Å². The lowest BCUT2D eigenvalue weighted by molar-refractivity contribution is 0.0749. The molecule has 1 aromatic carbocycles. The van der Waals surface area contributed by atoms with Gasteiger partial charge in [0.15, 0.2) is 0 Å². The second-order valence-electron chi connectivity index (χ2n) is 7.09. The molecule has 5 heteroatoms. The van der Waals surface area contributed by atoms with E-state index < -0.39 is 0 Å². The van der Waals surface area contributed by atoms with Crippen LogP contribution in [0.2, 0.25) is 0 Å². The van der Waals surface area contributed by atoms with Crippen LogP contribution in [0.5, 0.6) is 0 Å². The van der Waals surface area contributed by atoms with E-state index in [1.54, 1.807) is 6.20 Å². The summed E-state index contributed by atoms with van der Waals surface area (Å²) in [5.41, 5.74) is 3.70. The molecule has 1 aliphatic rings. The molecule has 2 aromatic rings. The van der Waals surface area contributed by atoms with Gasteiger partial charge in [0.05, 0.1) is 11.9 Å². The quantitative estimate of drug-likeness (QED) is 0.736. The highest BCUT2D eigenvalue weighted by molar-refractivity contribution is 5.92.